The lowest BCUT2D eigenvalue weighted by Gasteiger charge is -2.41. The van der Waals surface area contributed by atoms with Crippen LogP contribution in [0.4, 0.5) is 11.5 Å². The van der Waals surface area contributed by atoms with Crippen molar-refractivity contribution >= 4 is 63.1 Å². The fourth-order valence-electron chi connectivity index (χ4n) is 7.90. The molecule has 11 heteroatoms. The Bertz CT molecular complexity index is 2200. The number of hydrogen-bond acceptors (Lipinski definition) is 5. The molecule has 8 nitrogen and oxygen atoms in total. The van der Waals surface area contributed by atoms with E-state index >= 15 is 0 Å². The monoisotopic (exact) mass is 751 g/mol. The number of amides is 1. The summed E-state index contributed by atoms with van der Waals surface area (Å²) >= 11 is 19.3. The van der Waals surface area contributed by atoms with Crippen molar-refractivity contribution < 1.29 is 4.79 Å². The van der Waals surface area contributed by atoms with Gasteiger partial charge in [0.15, 0.2) is 5.82 Å². The lowest BCUT2D eigenvalue weighted by Crippen LogP contribution is -2.51. The topological polar surface area (TPSA) is 82.1 Å². The minimum absolute atomic E-state index is 0.138. The average Bonchev–Trinajstić information content (AvgIpc) is 3.77. The number of halogens is 3. The van der Waals surface area contributed by atoms with Crippen LogP contribution in [0, 0.1) is 0 Å². The lowest BCUT2D eigenvalue weighted by atomic mass is 9.94. The van der Waals surface area contributed by atoms with Gasteiger partial charge >= 0.3 is 0 Å². The molecule has 0 bridgehead atoms. The zero-order chi connectivity index (χ0) is 35.8. The number of imidazole rings is 1. The molecule has 1 amide bonds. The van der Waals surface area contributed by atoms with Gasteiger partial charge in [0, 0.05) is 70.5 Å². The number of carbonyl (C=O) groups excluding carboxylic acids is 1. The third kappa shape index (κ3) is 6.93. The van der Waals surface area contributed by atoms with Crippen molar-refractivity contribution in [2.75, 3.05) is 36.4 Å². The maximum Gasteiger partial charge on any atom is 0.272 e. The Hall–Kier alpha value is -4.34. The quantitative estimate of drug-likeness (QED) is 0.162. The Kier molecular flexibility index (Phi) is 9.99. The predicted octanol–water partition coefficient (Wildman–Crippen LogP) is 10.4. The molecule has 0 radical (unpaired) electrons. The summed E-state index contributed by atoms with van der Waals surface area (Å²) in [6, 6.07) is 25.8. The van der Waals surface area contributed by atoms with Crippen LogP contribution in [-0.4, -0.2) is 62.5 Å². The van der Waals surface area contributed by atoms with E-state index in [0.29, 0.717) is 38.3 Å². The zero-order valence-corrected chi connectivity index (χ0v) is 31.2. The smallest absolute Gasteiger partial charge is 0.272 e. The summed E-state index contributed by atoms with van der Waals surface area (Å²) < 4.78 is 2.12. The van der Waals surface area contributed by atoms with E-state index in [1.165, 1.54) is 32.1 Å². The Labute approximate surface area is 318 Å². The number of aromatic amines is 1. The minimum Gasteiger partial charge on any atom is -0.352 e. The molecule has 1 saturated carbocycles. The third-order valence-corrected chi connectivity index (χ3v) is 11.3. The van der Waals surface area contributed by atoms with Gasteiger partial charge in [-0.15, -0.1) is 0 Å². The first-order valence-electron chi connectivity index (χ1n) is 18.0. The van der Waals surface area contributed by atoms with E-state index in [1.807, 2.05) is 79.1 Å². The van der Waals surface area contributed by atoms with Crippen molar-refractivity contribution in [1.82, 2.24) is 24.4 Å². The maximum atomic E-state index is 14.7. The van der Waals surface area contributed by atoms with E-state index in [9.17, 15) is 4.79 Å². The van der Waals surface area contributed by atoms with E-state index in [2.05, 4.69) is 31.6 Å². The molecular formula is C41H40Cl3N7O. The second kappa shape index (κ2) is 15.0. The van der Waals surface area contributed by atoms with Gasteiger partial charge in [-0.2, -0.15) is 0 Å². The number of piperazine rings is 1. The normalized spacial score (nSPS) is 16.3. The number of benzene rings is 3. The number of aromatic nitrogens is 4. The van der Waals surface area contributed by atoms with Gasteiger partial charge in [0.1, 0.15) is 5.69 Å². The first-order valence-corrected chi connectivity index (χ1v) is 19.1. The molecule has 2 fully saturated rings. The number of anilines is 2. The second-order valence-electron chi connectivity index (χ2n) is 13.8. The zero-order valence-electron chi connectivity index (χ0n) is 29.0. The minimum atomic E-state index is -0.320. The van der Waals surface area contributed by atoms with Crippen LogP contribution in [0.3, 0.4) is 0 Å². The molecule has 3 aromatic carbocycles. The Morgan fingerprint density at radius 2 is 1.58 bits per heavy atom. The highest BCUT2D eigenvalue weighted by atomic mass is 35.5. The van der Waals surface area contributed by atoms with Crippen LogP contribution < -0.4 is 10.2 Å². The molecule has 1 aliphatic carbocycles. The SMILES string of the molecule is CC(c1ccc(Cl)cc1)n1cnc(-c2ccccc2)c1-c1c(C(=O)Nc2cc(Cl)cnc2N2CCN(C3CCCCC3)CC2)[nH]c2cc(Cl)ccc12. The fourth-order valence-corrected chi connectivity index (χ4v) is 8.36. The number of hydrogen-bond donors (Lipinski definition) is 2. The number of fused-ring (bicyclic) bond motifs is 1. The van der Waals surface area contributed by atoms with Gasteiger partial charge in [-0.25, -0.2) is 9.97 Å². The summed E-state index contributed by atoms with van der Waals surface area (Å²) in [7, 11) is 0. The summed E-state index contributed by atoms with van der Waals surface area (Å²) in [5, 5.41) is 5.74. The molecule has 52 heavy (non-hydrogen) atoms. The Balaban J connectivity index is 1.20. The number of nitrogens with one attached hydrogen (secondary N) is 2. The number of carbonyl (C=O) groups is 1. The van der Waals surface area contributed by atoms with Crippen molar-refractivity contribution in [3.05, 3.63) is 118 Å². The predicted molar refractivity (Wildman–Crippen MR) is 213 cm³/mol. The first-order chi connectivity index (χ1) is 25.3. The van der Waals surface area contributed by atoms with Crippen LogP contribution in [0.15, 0.2) is 91.4 Å². The van der Waals surface area contributed by atoms with Gasteiger partial charge in [-0.05, 0) is 55.7 Å². The summed E-state index contributed by atoms with van der Waals surface area (Å²) in [6.07, 6.45) is 10.0. The standard InChI is InChI=1S/C41H40Cl3N7O/c1-26(27-12-14-29(42)15-13-27)51-25-46-37(28-8-4-2-5-9-28)39(51)36-33-17-16-30(43)22-34(33)47-38(36)41(52)48-35-23-31(44)24-45-40(35)50-20-18-49(19-21-50)32-10-6-3-7-11-32/h2,4-5,8-9,12-17,22-26,32,47H,3,6-7,10-11,18-21H2,1H3,(H,48,52). The highest BCUT2D eigenvalue weighted by molar-refractivity contribution is 6.32. The van der Waals surface area contributed by atoms with Crippen LogP contribution in [0.2, 0.25) is 15.1 Å². The number of rotatable bonds is 8. The summed E-state index contributed by atoms with van der Waals surface area (Å²) in [4.78, 5) is 32.8. The molecule has 8 rings (SSSR count). The van der Waals surface area contributed by atoms with E-state index in [1.54, 1.807) is 12.3 Å². The maximum absolute atomic E-state index is 14.7. The van der Waals surface area contributed by atoms with Crippen molar-refractivity contribution in [1.29, 1.82) is 0 Å². The van der Waals surface area contributed by atoms with Gasteiger partial charge in [0.2, 0.25) is 0 Å². The fraction of sp³-hybridized carbons (Fsp3) is 0.293. The van der Waals surface area contributed by atoms with Crippen molar-refractivity contribution in [2.45, 2.75) is 51.1 Å². The lowest BCUT2D eigenvalue weighted by molar-refractivity contribution is 0.102. The molecule has 1 atom stereocenters. The van der Waals surface area contributed by atoms with Crippen molar-refractivity contribution in [2.24, 2.45) is 0 Å². The molecule has 6 aromatic rings. The van der Waals surface area contributed by atoms with Crippen molar-refractivity contribution in [3.63, 3.8) is 0 Å². The van der Waals surface area contributed by atoms with Gasteiger partial charge < -0.3 is 19.8 Å². The molecule has 2 aliphatic rings. The number of H-pyrrole nitrogens is 1. The highest BCUT2D eigenvalue weighted by Gasteiger charge is 2.30. The number of pyridine rings is 1. The molecule has 0 spiro atoms. The molecule has 4 heterocycles. The van der Waals surface area contributed by atoms with Crippen LogP contribution >= 0.6 is 34.8 Å². The van der Waals surface area contributed by atoms with E-state index in [-0.39, 0.29) is 11.9 Å². The molecule has 1 saturated heterocycles. The van der Waals surface area contributed by atoms with Crippen LogP contribution in [0.25, 0.3) is 33.4 Å². The highest BCUT2D eigenvalue weighted by Crippen LogP contribution is 2.42. The van der Waals surface area contributed by atoms with Crippen LogP contribution in [0.5, 0.6) is 0 Å². The molecule has 1 unspecified atom stereocenters. The Morgan fingerprint density at radius 1 is 0.846 bits per heavy atom. The van der Waals surface area contributed by atoms with E-state index < -0.39 is 0 Å². The van der Waals surface area contributed by atoms with E-state index in [4.69, 9.17) is 44.8 Å². The molecule has 266 valence electrons. The number of nitrogens with zero attached hydrogens (tertiary/aromatic N) is 5. The van der Waals surface area contributed by atoms with E-state index in [0.717, 1.165) is 65.2 Å². The largest absolute Gasteiger partial charge is 0.352 e. The second-order valence-corrected chi connectivity index (χ2v) is 15.1. The van der Waals surface area contributed by atoms with Gasteiger partial charge in [0.05, 0.1) is 34.5 Å². The molecular weight excluding hydrogens is 713 g/mol. The Morgan fingerprint density at radius 3 is 2.33 bits per heavy atom. The van der Waals surface area contributed by atoms with Crippen molar-refractivity contribution in [3.8, 4) is 22.5 Å². The summed E-state index contributed by atoms with van der Waals surface area (Å²) in [6.45, 7) is 5.70. The van der Waals surface area contributed by atoms with Gasteiger partial charge in [-0.3, -0.25) is 9.69 Å². The summed E-state index contributed by atoms with van der Waals surface area (Å²) in [5.74, 6) is 0.396. The summed E-state index contributed by atoms with van der Waals surface area (Å²) in [5.41, 5.74) is 5.95. The molecule has 1 aliphatic heterocycles. The molecule has 2 N–H and O–H groups in total. The van der Waals surface area contributed by atoms with Gasteiger partial charge in [0.25, 0.3) is 5.91 Å². The third-order valence-electron chi connectivity index (χ3n) is 10.6. The first kappa shape index (κ1) is 34.7. The van der Waals surface area contributed by atoms with Crippen LogP contribution in [-0.2, 0) is 0 Å². The van der Waals surface area contributed by atoms with Crippen LogP contribution in [0.1, 0.15) is 61.1 Å². The average molecular weight is 753 g/mol. The molecule has 3 aromatic heterocycles. The van der Waals surface area contributed by atoms with Gasteiger partial charge in [-0.1, -0.05) is 103 Å².